The molecule has 0 radical (unpaired) electrons. The van der Waals surface area contributed by atoms with Crippen LogP contribution in [-0.2, 0) is 0 Å². The summed E-state index contributed by atoms with van der Waals surface area (Å²) in [4.78, 5) is 2.29. The van der Waals surface area contributed by atoms with E-state index in [1.165, 1.54) is 5.57 Å². The minimum Gasteiger partial charge on any atom is -0.326 e. The minimum absolute atomic E-state index is 0.148. The first-order valence-electron chi connectivity index (χ1n) is 5.98. The van der Waals surface area contributed by atoms with Crippen LogP contribution < -0.4 is 5.73 Å². The highest BCUT2D eigenvalue weighted by Gasteiger charge is 2.34. The second-order valence-electron chi connectivity index (χ2n) is 4.81. The lowest BCUT2D eigenvalue weighted by atomic mass is 9.81. The van der Waals surface area contributed by atoms with Crippen molar-refractivity contribution < 1.29 is 0 Å². The van der Waals surface area contributed by atoms with E-state index in [0.717, 1.165) is 25.7 Å². The summed E-state index contributed by atoms with van der Waals surface area (Å²) in [6, 6.07) is 0.235. The lowest BCUT2D eigenvalue weighted by Crippen LogP contribution is -2.56. The highest BCUT2D eigenvalue weighted by atomic mass is 15.2. The Labute approximate surface area is 95.5 Å². The van der Waals surface area contributed by atoms with E-state index in [1.54, 1.807) is 0 Å². The van der Waals surface area contributed by atoms with Gasteiger partial charge in [-0.05, 0) is 46.7 Å². The van der Waals surface area contributed by atoms with Crippen molar-refractivity contribution in [3.8, 4) is 0 Å². The molecular formula is C13H28N2. The van der Waals surface area contributed by atoms with E-state index in [-0.39, 0.29) is 11.6 Å². The number of nitrogens with two attached hydrogens (primary N) is 1. The minimum atomic E-state index is 0.148. The maximum atomic E-state index is 6.34. The van der Waals surface area contributed by atoms with Crippen LogP contribution in [0, 0.1) is 0 Å². The van der Waals surface area contributed by atoms with Crippen molar-refractivity contribution in [3.05, 3.63) is 12.2 Å². The van der Waals surface area contributed by atoms with Crippen LogP contribution in [0.3, 0.4) is 0 Å². The molecule has 2 heteroatoms. The fourth-order valence-electron chi connectivity index (χ4n) is 2.41. The molecule has 0 spiro atoms. The monoisotopic (exact) mass is 212 g/mol. The zero-order valence-corrected chi connectivity index (χ0v) is 11.1. The van der Waals surface area contributed by atoms with Gasteiger partial charge in [-0.2, -0.15) is 0 Å². The molecule has 0 aliphatic carbocycles. The second kappa shape index (κ2) is 6.29. The van der Waals surface area contributed by atoms with Gasteiger partial charge in [0, 0.05) is 11.6 Å². The summed E-state index contributed by atoms with van der Waals surface area (Å²) < 4.78 is 0. The first-order chi connectivity index (χ1) is 6.90. The van der Waals surface area contributed by atoms with Crippen molar-refractivity contribution in [1.29, 1.82) is 0 Å². The molecule has 0 aliphatic heterocycles. The Morgan fingerprint density at radius 1 is 1.33 bits per heavy atom. The number of allylic oxidation sites excluding steroid dienone is 1. The van der Waals surface area contributed by atoms with E-state index in [2.05, 4.69) is 46.3 Å². The van der Waals surface area contributed by atoms with Gasteiger partial charge < -0.3 is 10.6 Å². The predicted octanol–water partition coefficient (Wildman–Crippen LogP) is 2.79. The fraction of sp³-hybridized carbons (Fsp3) is 0.846. The van der Waals surface area contributed by atoms with Crippen LogP contribution in [0.4, 0.5) is 0 Å². The Bertz CT molecular complexity index is 193. The molecule has 15 heavy (non-hydrogen) atoms. The average Bonchev–Trinajstić information content (AvgIpc) is 2.17. The lowest BCUT2D eigenvalue weighted by molar-refractivity contribution is 0.102. The van der Waals surface area contributed by atoms with Gasteiger partial charge in [0.05, 0.1) is 0 Å². The van der Waals surface area contributed by atoms with Gasteiger partial charge >= 0.3 is 0 Å². The highest BCUT2D eigenvalue weighted by molar-refractivity contribution is 4.98. The zero-order chi connectivity index (χ0) is 12.1. The van der Waals surface area contributed by atoms with Crippen LogP contribution in [0.25, 0.3) is 0 Å². The molecule has 2 N–H and O–H groups in total. The van der Waals surface area contributed by atoms with Crippen molar-refractivity contribution in [2.75, 3.05) is 14.1 Å². The van der Waals surface area contributed by atoms with Gasteiger partial charge in [-0.25, -0.2) is 0 Å². The normalized spacial score (nSPS) is 14.3. The summed E-state index contributed by atoms with van der Waals surface area (Å²) in [6.07, 6.45) is 4.29. The van der Waals surface area contributed by atoms with Crippen LogP contribution in [0.2, 0.25) is 0 Å². The Hall–Kier alpha value is -0.340. The summed E-state index contributed by atoms with van der Waals surface area (Å²) in [7, 11) is 4.27. The Kier molecular flexibility index (Phi) is 6.15. The van der Waals surface area contributed by atoms with Crippen molar-refractivity contribution in [1.82, 2.24) is 4.90 Å². The average molecular weight is 212 g/mol. The molecule has 2 nitrogen and oxygen atoms in total. The molecule has 0 saturated heterocycles. The fourth-order valence-corrected chi connectivity index (χ4v) is 2.41. The maximum Gasteiger partial charge on any atom is 0.0349 e. The SMILES string of the molecule is C=C(C)CCC(N)C(CC)(CC)N(C)C. The first-order valence-corrected chi connectivity index (χ1v) is 5.98. The summed E-state index contributed by atoms with van der Waals surface area (Å²) in [5.41, 5.74) is 7.72. The van der Waals surface area contributed by atoms with Crippen molar-refractivity contribution in [2.45, 2.75) is 58.0 Å². The quantitative estimate of drug-likeness (QED) is 0.658. The van der Waals surface area contributed by atoms with Gasteiger partial charge in [0.15, 0.2) is 0 Å². The van der Waals surface area contributed by atoms with Gasteiger partial charge in [0.1, 0.15) is 0 Å². The van der Waals surface area contributed by atoms with Crippen molar-refractivity contribution in [2.24, 2.45) is 5.73 Å². The molecule has 0 rings (SSSR count). The number of nitrogens with zero attached hydrogens (tertiary/aromatic N) is 1. The van der Waals surface area contributed by atoms with E-state index in [1.807, 2.05) is 0 Å². The molecule has 0 aliphatic rings. The van der Waals surface area contributed by atoms with Crippen LogP contribution in [-0.4, -0.2) is 30.6 Å². The third-order valence-corrected chi connectivity index (χ3v) is 3.69. The number of rotatable bonds is 7. The maximum absolute atomic E-state index is 6.34. The molecule has 0 bridgehead atoms. The first kappa shape index (κ1) is 14.7. The van der Waals surface area contributed by atoms with E-state index in [4.69, 9.17) is 5.73 Å². The van der Waals surface area contributed by atoms with Gasteiger partial charge in [0.2, 0.25) is 0 Å². The number of hydrogen-bond acceptors (Lipinski definition) is 2. The van der Waals surface area contributed by atoms with Crippen LogP contribution >= 0.6 is 0 Å². The van der Waals surface area contributed by atoms with Crippen LogP contribution in [0.15, 0.2) is 12.2 Å². The second-order valence-corrected chi connectivity index (χ2v) is 4.81. The van der Waals surface area contributed by atoms with Gasteiger partial charge in [-0.15, -0.1) is 6.58 Å². The molecule has 0 fully saturated rings. The van der Waals surface area contributed by atoms with Crippen LogP contribution in [0.1, 0.15) is 46.5 Å². The molecule has 1 atom stereocenters. The summed E-state index contributed by atoms with van der Waals surface area (Å²) >= 11 is 0. The highest BCUT2D eigenvalue weighted by Crippen LogP contribution is 2.27. The lowest BCUT2D eigenvalue weighted by Gasteiger charge is -2.43. The van der Waals surface area contributed by atoms with E-state index in [0.29, 0.717) is 0 Å². The molecule has 0 aromatic carbocycles. The number of hydrogen-bond donors (Lipinski definition) is 1. The third kappa shape index (κ3) is 3.62. The predicted molar refractivity (Wildman–Crippen MR) is 69.0 cm³/mol. The van der Waals surface area contributed by atoms with Crippen LogP contribution in [0.5, 0.6) is 0 Å². The Morgan fingerprint density at radius 3 is 2.07 bits per heavy atom. The van der Waals surface area contributed by atoms with Gasteiger partial charge in [-0.3, -0.25) is 0 Å². The Balaban J connectivity index is 4.54. The zero-order valence-electron chi connectivity index (χ0n) is 11.1. The Morgan fingerprint density at radius 2 is 1.80 bits per heavy atom. The molecule has 90 valence electrons. The standard InChI is InChI=1S/C13H28N2/c1-7-13(8-2,15(5)6)12(14)10-9-11(3)4/h12H,3,7-10,14H2,1-2,4-6H3. The van der Waals surface area contributed by atoms with E-state index < -0.39 is 0 Å². The smallest absolute Gasteiger partial charge is 0.0349 e. The molecule has 0 amide bonds. The molecule has 0 aromatic rings. The summed E-state index contributed by atoms with van der Waals surface area (Å²) in [5.74, 6) is 0. The molecule has 1 unspecified atom stereocenters. The van der Waals surface area contributed by atoms with E-state index >= 15 is 0 Å². The van der Waals surface area contributed by atoms with E-state index in [9.17, 15) is 0 Å². The molecule has 0 aromatic heterocycles. The molecule has 0 saturated carbocycles. The topological polar surface area (TPSA) is 29.3 Å². The summed E-state index contributed by atoms with van der Waals surface area (Å²) in [5, 5.41) is 0. The molecule has 0 heterocycles. The van der Waals surface area contributed by atoms with Gasteiger partial charge in [0.25, 0.3) is 0 Å². The van der Waals surface area contributed by atoms with Crippen molar-refractivity contribution >= 4 is 0 Å². The number of likely N-dealkylation sites (N-methyl/N-ethyl adjacent to an activating group) is 1. The van der Waals surface area contributed by atoms with Crippen molar-refractivity contribution in [3.63, 3.8) is 0 Å². The summed E-state index contributed by atoms with van der Waals surface area (Å²) in [6.45, 7) is 10.5. The molecular weight excluding hydrogens is 184 g/mol. The third-order valence-electron chi connectivity index (χ3n) is 3.69. The van der Waals surface area contributed by atoms with Gasteiger partial charge in [-0.1, -0.05) is 19.4 Å². The largest absolute Gasteiger partial charge is 0.326 e.